The van der Waals surface area contributed by atoms with Crippen LogP contribution in [0.5, 0.6) is 0 Å². The minimum absolute atomic E-state index is 0.101. The molecule has 3 aromatic rings. The zero-order valence-electron chi connectivity index (χ0n) is 13.1. The molecule has 0 spiro atoms. The highest BCUT2D eigenvalue weighted by Gasteiger charge is 2.18. The lowest BCUT2D eigenvalue weighted by Crippen LogP contribution is -2.33. The SMILES string of the molecule is O=C(CNS(=O)(=O)c1cccc2ccccc12)Nc1cccc(F)c1. The lowest BCUT2D eigenvalue weighted by atomic mass is 10.1. The van der Waals surface area contributed by atoms with Gasteiger partial charge in [-0.1, -0.05) is 42.5 Å². The van der Waals surface area contributed by atoms with Crippen LogP contribution < -0.4 is 10.0 Å². The Morgan fingerprint density at radius 1 is 0.960 bits per heavy atom. The van der Waals surface area contributed by atoms with E-state index in [0.717, 1.165) is 11.5 Å². The van der Waals surface area contributed by atoms with E-state index in [1.807, 2.05) is 18.2 Å². The molecule has 25 heavy (non-hydrogen) atoms. The van der Waals surface area contributed by atoms with Gasteiger partial charge < -0.3 is 5.32 Å². The topological polar surface area (TPSA) is 75.3 Å². The standard InChI is InChI=1S/C18H15FN2O3S/c19-14-7-4-8-15(11-14)21-18(22)12-20-25(23,24)17-10-3-6-13-5-1-2-9-16(13)17/h1-11,20H,12H2,(H,21,22). The Balaban J connectivity index is 1.74. The second-order valence-electron chi connectivity index (χ2n) is 5.36. The highest BCUT2D eigenvalue weighted by molar-refractivity contribution is 7.89. The van der Waals surface area contributed by atoms with Gasteiger partial charge in [-0.3, -0.25) is 4.79 Å². The van der Waals surface area contributed by atoms with Crippen LogP contribution in [-0.4, -0.2) is 20.9 Å². The molecule has 5 nitrogen and oxygen atoms in total. The van der Waals surface area contributed by atoms with E-state index in [0.29, 0.717) is 5.39 Å². The number of carbonyl (C=O) groups is 1. The van der Waals surface area contributed by atoms with E-state index in [1.165, 1.54) is 24.3 Å². The molecular weight excluding hydrogens is 343 g/mol. The second-order valence-corrected chi connectivity index (χ2v) is 7.10. The summed E-state index contributed by atoms with van der Waals surface area (Å²) in [6.45, 7) is -0.456. The van der Waals surface area contributed by atoms with Gasteiger partial charge in [-0.25, -0.2) is 17.5 Å². The molecule has 0 aromatic heterocycles. The van der Waals surface area contributed by atoms with Gasteiger partial charge in [0.25, 0.3) is 0 Å². The maximum Gasteiger partial charge on any atom is 0.241 e. The third kappa shape index (κ3) is 4.01. The molecule has 2 N–H and O–H groups in total. The molecule has 1 amide bonds. The molecule has 0 radical (unpaired) electrons. The monoisotopic (exact) mass is 358 g/mol. The quantitative estimate of drug-likeness (QED) is 0.736. The van der Waals surface area contributed by atoms with E-state index in [-0.39, 0.29) is 10.6 Å². The Labute approximate surface area is 144 Å². The summed E-state index contributed by atoms with van der Waals surface area (Å²) in [6, 6.07) is 17.4. The first kappa shape index (κ1) is 17.1. The summed E-state index contributed by atoms with van der Waals surface area (Å²) >= 11 is 0. The summed E-state index contributed by atoms with van der Waals surface area (Å²) in [7, 11) is -3.87. The summed E-state index contributed by atoms with van der Waals surface area (Å²) in [5.41, 5.74) is 0.259. The average Bonchev–Trinajstić information content (AvgIpc) is 2.59. The molecule has 0 saturated heterocycles. The molecule has 0 fully saturated rings. The van der Waals surface area contributed by atoms with Crippen molar-refractivity contribution in [3.05, 3.63) is 72.5 Å². The van der Waals surface area contributed by atoms with Crippen molar-refractivity contribution < 1.29 is 17.6 Å². The van der Waals surface area contributed by atoms with Crippen molar-refractivity contribution in [1.29, 1.82) is 0 Å². The van der Waals surface area contributed by atoms with Crippen molar-refractivity contribution in [2.24, 2.45) is 0 Å². The molecule has 0 bridgehead atoms. The third-order valence-corrected chi connectivity index (χ3v) is 5.03. The van der Waals surface area contributed by atoms with Crippen LogP contribution in [0.4, 0.5) is 10.1 Å². The van der Waals surface area contributed by atoms with Crippen LogP contribution in [0.25, 0.3) is 10.8 Å². The number of sulfonamides is 1. The molecule has 3 aromatic carbocycles. The smallest absolute Gasteiger partial charge is 0.241 e. The summed E-state index contributed by atoms with van der Waals surface area (Å²) in [4.78, 5) is 12.0. The first-order chi connectivity index (χ1) is 12.0. The minimum atomic E-state index is -3.87. The minimum Gasteiger partial charge on any atom is -0.325 e. The molecule has 0 atom stereocenters. The summed E-state index contributed by atoms with van der Waals surface area (Å²) in [6.07, 6.45) is 0. The fraction of sp³-hybridized carbons (Fsp3) is 0.0556. The predicted octanol–water partition coefficient (Wildman–Crippen LogP) is 2.90. The summed E-state index contributed by atoms with van der Waals surface area (Å²) < 4.78 is 40.4. The van der Waals surface area contributed by atoms with Crippen LogP contribution in [0, 0.1) is 5.82 Å². The molecule has 0 heterocycles. The molecule has 7 heteroatoms. The number of anilines is 1. The molecule has 0 aliphatic carbocycles. The Hall–Kier alpha value is -2.77. The van der Waals surface area contributed by atoms with Gasteiger partial charge in [0.1, 0.15) is 5.82 Å². The maximum absolute atomic E-state index is 13.1. The highest BCUT2D eigenvalue weighted by atomic mass is 32.2. The van der Waals surface area contributed by atoms with Crippen LogP contribution in [0.3, 0.4) is 0 Å². The number of hydrogen-bond donors (Lipinski definition) is 2. The molecular formula is C18H15FN2O3S. The Morgan fingerprint density at radius 3 is 2.48 bits per heavy atom. The van der Waals surface area contributed by atoms with E-state index >= 15 is 0 Å². The molecule has 0 aliphatic rings. The zero-order valence-corrected chi connectivity index (χ0v) is 13.9. The second kappa shape index (κ2) is 7.00. The van der Waals surface area contributed by atoms with Gasteiger partial charge in [0, 0.05) is 11.1 Å². The van der Waals surface area contributed by atoms with Gasteiger partial charge >= 0.3 is 0 Å². The van der Waals surface area contributed by atoms with Crippen molar-refractivity contribution in [3.63, 3.8) is 0 Å². The largest absolute Gasteiger partial charge is 0.325 e. The predicted molar refractivity (Wildman–Crippen MR) is 94.2 cm³/mol. The van der Waals surface area contributed by atoms with Gasteiger partial charge in [-0.05, 0) is 29.7 Å². The van der Waals surface area contributed by atoms with Crippen LogP contribution in [0.2, 0.25) is 0 Å². The van der Waals surface area contributed by atoms with Crippen LogP contribution in [-0.2, 0) is 14.8 Å². The fourth-order valence-electron chi connectivity index (χ4n) is 2.44. The lowest BCUT2D eigenvalue weighted by molar-refractivity contribution is -0.115. The molecule has 0 saturated carbocycles. The van der Waals surface area contributed by atoms with Crippen LogP contribution in [0.1, 0.15) is 0 Å². The summed E-state index contributed by atoms with van der Waals surface area (Å²) in [5.74, 6) is -1.08. The molecule has 128 valence electrons. The first-order valence-electron chi connectivity index (χ1n) is 7.48. The number of nitrogens with one attached hydrogen (secondary N) is 2. The van der Waals surface area contributed by atoms with E-state index in [1.54, 1.807) is 18.2 Å². The normalized spacial score (nSPS) is 11.4. The van der Waals surface area contributed by atoms with Crippen molar-refractivity contribution in [2.45, 2.75) is 4.90 Å². The highest BCUT2D eigenvalue weighted by Crippen LogP contribution is 2.22. The van der Waals surface area contributed by atoms with Gasteiger partial charge in [-0.2, -0.15) is 0 Å². The number of amides is 1. The van der Waals surface area contributed by atoms with E-state index in [4.69, 9.17) is 0 Å². The summed E-state index contributed by atoms with van der Waals surface area (Å²) in [5, 5.41) is 3.80. The first-order valence-corrected chi connectivity index (χ1v) is 8.97. The van der Waals surface area contributed by atoms with Gasteiger partial charge in [0.15, 0.2) is 0 Å². The van der Waals surface area contributed by atoms with Gasteiger partial charge in [0.2, 0.25) is 15.9 Å². The number of benzene rings is 3. The van der Waals surface area contributed by atoms with E-state index < -0.39 is 28.3 Å². The van der Waals surface area contributed by atoms with Crippen molar-refractivity contribution in [2.75, 3.05) is 11.9 Å². The number of hydrogen-bond acceptors (Lipinski definition) is 3. The number of fused-ring (bicyclic) bond motifs is 1. The van der Waals surface area contributed by atoms with Crippen LogP contribution >= 0.6 is 0 Å². The Morgan fingerprint density at radius 2 is 1.68 bits per heavy atom. The zero-order chi connectivity index (χ0) is 17.9. The number of rotatable bonds is 5. The molecule has 0 aliphatic heterocycles. The van der Waals surface area contributed by atoms with E-state index in [9.17, 15) is 17.6 Å². The van der Waals surface area contributed by atoms with Gasteiger partial charge in [0.05, 0.1) is 11.4 Å². The fourth-order valence-corrected chi connectivity index (χ4v) is 3.65. The average molecular weight is 358 g/mol. The van der Waals surface area contributed by atoms with E-state index in [2.05, 4.69) is 10.0 Å². The Kier molecular flexibility index (Phi) is 4.78. The van der Waals surface area contributed by atoms with Crippen molar-refractivity contribution in [1.82, 2.24) is 4.72 Å². The molecule has 0 unspecified atom stereocenters. The number of halogens is 1. The Bertz CT molecular complexity index is 1030. The maximum atomic E-state index is 13.1. The van der Waals surface area contributed by atoms with Crippen LogP contribution in [0.15, 0.2) is 71.6 Å². The third-order valence-electron chi connectivity index (χ3n) is 3.57. The number of carbonyl (C=O) groups excluding carboxylic acids is 1. The molecule has 3 rings (SSSR count). The van der Waals surface area contributed by atoms with Crippen molar-refractivity contribution >= 4 is 32.4 Å². The van der Waals surface area contributed by atoms with Crippen molar-refractivity contribution in [3.8, 4) is 0 Å². The lowest BCUT2D eigenvalue weighted by Gasteiger charge is -2.10. The van der Waals surface area contributed by atoms with Gasteiger partial charge in [-0.15, -0.1) is 0 Å².